The number of aliphatic carboxylic acids is 1. The molecule has 0 amide bonds. The van der Waals surface area contributed by atoms with E-state index in [0.29, 0.717) is 21.9 Å². The zero-order valence-electron chi connectivity index (χ0n) is 22.0. The van der Waals surface area contributed by atoms with Gasteiger partial charge in [0.1, 0.15) is 24.2 Å². The summed E-state index contributed by atoms with van der Waals surface area (Å²) in [6.45, 7) is 4.46. The van der Waals surface area contributed by atoms with Crippen LogP contribution >= 0.6 is 11.6 Å². The number of hydrogen-bond donors (Lipinski definition) is 2. The molecule has 4 aromatic rings. The first-order valence-corrected chi connectivity index (χ1v) is 13.0. The second-order valence-corrected chi connectivity index (χ2v) is 9.50. The quantitative estimate of drug-likeness (QED) is 0.322. The van der Waals surface area contributed by atoms with Gasteiger partial charge in [0, 0.05) is 56.2 Å². The van der Waals surface area contributed by atoms with Crippen molar-refractivity contribution in [3.05, 3.63) is 71.4 Å². The summed E-state index contributed by atoms with van der Waals surface area (Å²) in [5.74, 6) is -1.28. The van der Waals surface area contributed by atoms with E-state index < -0.39 is 12.1 Å². The van der Waals surface area contributed by atoms with Crippen molar-refractivity contribution in [1.29, 1.82) is 5.26 Å². The lowest BCUT2D eigenvalue weighted by Gasteiger charge is -2.35. The van der Waals surface area contributed by atoms with Crippen LogP contribution in [0.4, 0.5) is 19.0 Å². The Morgan fingerprint density at radius 2 is 1.83 bits per heavy atom. The third-order valence-corrected chi connectivity index (χ3v) is 6.46. The maximum absolute atomic E-state index is 10.6. The molecule has 1 aliphatic heterocycles. The molecule has 42 heavy (non-hydrogen) atoms. The van der Waals surface area contributed by atoms with Crippen LogP contribution in [0.1, 0.15) is 11.3 Å². The van der Waals surface area contributed by atoms with Gasteiger partial charge in [-0.25, -0.2) is 14.3 Å². The van der Waals surface area contributed by atoms with Gasteiger partial charge in [0.25, 0.3) is 0 Å². The highest BCUT2D eigenvalue weighted by Gasteiger charge is 2.38. The smallest absolute Gasteiger partial charge is 0.490 e. The van der Waals surface area contributed by atoms with Crippen LogP contribution in [-0.4, -0.2) is 86.2 Å². The van der Waals surface area contributed by atoms with Crippen molar-refractivity contribution in [3.8, 4) is 22.9 Å². The predicted molar refractivity (Wildman–Crippen MR) is 146 cm³/mol. The van der Waals surface area contributed by atoms with Crippen molar-refractivity contribution in [2.24, 2.45) is 0 Å². The van der Waals surface area contributed by atoms with Crippen molar-refractivity contribution in [3.63, 3.8) is 0 Å². The van der Waals surface area contributed by atoms with E-state index >= 15 is 0 Å². The standard InChI is InChI=1S/C25H24ClN7O2.C2HF3O2/c26-20-2-3-21(28-15-20)16-31-5-7-32(8-6-31)24-4-1-18(13-29-24)23-11-22(35-10-9-34)17-33-25(23)19(12-27)14-30-33;3-2(4,5)1(6)7/h1-4,11,13-15,17,34H,5-10,16H2;(H,6,7). The van der Waals surface area contributed by atoms with Crippen molar-refractivity contribution in [2.45, 2.75) is 12.7 Å². The number of nitriles is 1. The summed E-state index contributed by atoms with van der Waals surface area (Å²) in [5.41, 5.74) is 3.84. The van der Waals surface area contributed by atoms with Gasteiger partial charge in [0.15, 0.2) is 0 Å². The fraction of sp³-hybridized carbons (Fsp3) is 0.296. The molecule has 2 N–H and O–H groups in total. The average Bonchev–Trinajstić information content (AvgIpc) is 3.40. The van der Waals surface area contributed by atoms with Gasteiger partial charge in [-0.3, -0.25) is 9.88 Å². The van der Waals surface area contributed by atoms with Crippen LogP contribution < -0.4 is 9.64 Å². The summed E-state index contributed by atoms with van der Waals surface area (Å²) < 4.78 is 39.0. The minimum absolute atomic E-state index is 0.0876. The normalized spacial score (nSPS) is 13.8. The van der Waals surface area contributed by atoms with E-state index in [9.17, 15) is 18.4 Å². The van der Waals surface area contributed by atoms with Crippen LogP contribution in [0.3, 0.4) is 0 Å². The van der Waals surface area contributed by atoms with E-state index in [2.05, 4.69) is 26.0 Å². The van der Waals surface area contributed by atoms with E-state index in [4.69, 9.17) is 36.3 Å². The number of carbonyl (C=O) groups is 1. The number of piperazine rings is 1. The minimum atomic E-state index is -5.08. The molecule has 0 unspecified atom stereocenters. The number of anilines is 1. The van der Waals surface area contributed by atoms with Crippen LogP contribution in [0, 0.1) is 11.3 Å². The summed E-state index contributed by atoms with van der Waals surface area (Å²) in [6, 6.07) is 11.9. The number of aliphatic hydroxyl groups excluding tert-OH is 1. The molecular formula is C27H25ClF3N7O4. The number of halogens is 4. The van der Waals surface area contributed by atoms with E-state index in [1.807, 2.05) is 36.5 Å². The van der Waals surface area contributed by atoms with Gasteiger partial charge in [-0.2, -0.15) is 23.5 Å². The lowest BCUT2D eigenvalue weighted by Crippen LogP contribution is -2.46. The monoisotopic (exact) mass is 603 g/mol. The summed E-state index contributed by atoms with van der Waals surface area (Å²) in [4.78, 5) is 22.7. The zero-order chi connectivity index (χ0) is 30.3. The summed E-state index contributed by atoms with van der Waals surface area (Å²) in [6.07, 6.45) is 1.66. The maximum Gasteiger partial charge on any atom is 0.490 e. The average molecular weight is 604 g/mol. The number of alkyl halides is 3. The number of pyridine rings is 3. The molecule has 0 bridgehead atoms. The fourth-order valence-electron chi connectivity index (χ4n) is 4.24. The summed E-state index contributed by atoms with van der Waals surface area (Å²) in [7, 11) is 0. The van der Waals surface area contributed by atoms with Gasteiger partial charge in [-0.15, -0.1) is 0 Å². The first kappa shape index (κ1) is 30.5. The van der Waals surface area contributed by atoms with Crippen LogP contribution in [0.15, 0.2) is 55.1 Å². The van der Waals surface area contributed by atoms with Crippen LogP contribution in [0.25, 0.3) is 16.6 Å². The van der Waals surface area contributed by atoms with Gasteiger partial charge in [-0.05, 0) is 30.3 Å². The zero-order valence-corrected chi connectivity index (χ0v) is 22.8. The molecule has 0 aliphatic carbocycles. The van der Waals surface area contributed by atoms with Gasteiger partial charge in [0.05, 0.1) is 40.8 Å². The van der Waals surface area contributed by atoms with Crippen LogP contribution in [0.5, 0.6) is 5.75 Å². The third-order valence-electron chi connectivity index (χ3n) is 6.24. The highest BCUT2D eigenvalue weighted by atomic mass is 35.5. The lowest BCUT2D eigenvalue weighted by molar-refractivity contribution is -0.192. The second kappa shape index (κ2) is 13.5. The van der Waals surface area contributed by atoms with Crippen LogP contribution in [0.2, 0.25) is 5.02 Å². The van der Waals surface area contributed by atoms with Crippen molar-refractivity contribution < 1.29 is 32.9 Å². The Hall–Kier alpha value is -4.45. The van der Waals surface area contributed by atoms with Gasteiger partial charge in [0.2, 0.25) is 0 Å². The lowest BCUT2D eigenvalue weighted by atomic mass is 10.1. The van der Waals surface area contributed by atoms with Gasteiger partial charge in [-0.1, -0.05) is 11.6 Å². The molecule has 5 rings (SSSR count). The Bertz CT molecular complexity index is 1550. The molecule has 0 radical (unpaired) electrons. The van der Waals surface area contributed by atoms with Gasteiger partial charge < -0.3 is 19.8 Å². The number of carboxylic acids is 1. The first-order chi connectivity index (χ1) is 20.1. The predicted octanol–water partition coefficient (Wildman–Crippen LogP) is 3.64. The number of nitrogens with zero attached hydrogens (tertiary/aromatic N) is 7. The Balaban J connectivity index is 0.000000517. The van der Waals surface area contributed by atoms with E-state index in [0.717, 1.165) is 55.4 Å². The number of ether oxygens (including phenoxy) is 1. The largest absolute Gasteiger partial charge is 0.490 e. The third kappa shape index (κ3) is 7.64. The molecule has 0 atom stereocenters. The molecule has 1 aliphatic rings. The minimum Gasteiger partial charge on any atom is -0.490 e. The number of fused-ring (bicyclic) bond motifs is 1. The number of rotatable bonds is 7. The van der Waals surface area contributed by atoms with Crippen molar-refractivity contribution in [1.82, 2.24) is 24.5 Å². The molecule has 15 heteroatoms. The molecule has 11 nitrogen and oxygen atoms in total. The molecular weight excluding hydrogens is 579 g/mol. The Morgan fingerprint density at radius 3 is 2.40 bits per heavy atom. The number of aliphatic hydroxyl groups is 1. The van der Waals surface area contributed by atoms with Crippen molar-refractivity contribution in [2.75, 3.05) is 44.3 Å². The number of carboxylic acid groups (broad SMARTS) is 1. The maximum atomic E-state index is 10.6. The number of hydrogen-bond acceptors (Lipinski definition) is 9. The molecule has 1 saturated heterocycles. The molecule has 0 saturated carbocycles. The topological polar surface area (TPSA) is 140 Å². The Morgan fingerprint density at radius 1 is 1.10 bits per heavy atom. The molecule has 0 spiro atoms. The van der Waals surface area contributed by atoms with E-state index in [1.54, 1.807) is 16.9 Å². The van der Waals surface area contributed by atoms with Gasteiger partial charge >= 0.3 is 12.1 Å². The SMILES string of the molecule is N#Cc1cnn2cc(OCCO)cc(-c3ccc(N4CCN(Cc5ccc(Cl)cn5)CC4)nc3)c12.O=C(O)C(F)(F)F. The Labute approximate surface area is 243 Å². The second-order valence-electron chi connectivity index (χ2n) is 9.06. The summed E-state index contributed by atoms with van der Waals surface area (Å²) in [5, 5.41) is 30.7. The fourth-order valence-corrected chi connectivity index (χ4v) is 4.35. The molecule has 4 aromatic heterocycles. The highest BCUT2D eigenvalue weighted by Crippen LogP contribution is 2.31. The number of aromatic nitrogens is 4. The highest BCUT2D eigenvalue weighted by molar-refractivity contribution is 6.30. The first-order valence-electron chi connectivity index (χ1n) is 12.6. The van der Waals surface area contributed by atoms with Crippen molar-refractivity contribution >= 4 is 28.9 Å². The van der Waals surface area contributed by atoms with Crippen LogP contribution in [-0.2, 0) is 11.3 Å². The molecule has 1 fully saturated rings. The Kier molecular flexibility index (Phi) is 9.79. The molecule has 5 heterocycles. The molecule has 220 valence electrons. The summed E-state index contributed by atoms with van der Waals surface area (Å²) >= 11 is 5.93. The molecule has 0 aromatic carbocycles. The van der Waals surface area contributed by atoms with E-state index in [-0.39, 0.29) is 13.2 Å². The van der Waals surface area contributed by atoms with E-state index in [1.165, 1.54) is 6.20 Å².